The first kappa shape index (κ1) is 14.3. The summed E-state index contributed by atoms with van der Waals surface area (Å²) in [4.78, 5) is 16.9. The Kier molecular flexibility index (Phi) is 3.67. The first-order valence-corrected chi connectivity index (χ1v) is 7.32. The second-order valence-corrected chi connectivity index (χ2v) is 5.58. The van der Waals surface area contributed by atoms with E-state index < -0.39 is 0 Å². The van der Waals surface area contributed by atoms with Crippen LogP contribution in [0.1, 0.15) is 27.3 Å². The number of benzene rings is 2. The van der Waals surface area contributed by atoms with Gasteiger partial charge in [-0.2, -0.15) is 0 Å². The van der Waals surface area contributed by atoms with Gasteiger partial charge in [0.1, 0.15) is 5.82 Å². The van der Waals surface area contributed by atoms with Crippen LogP contribution in [-0.4, -0.2) is 15.5 Å². The molecular formula is C18H19N3O. The lowest BCUT2D eigenvalue weighted by Gasteiger charge is -2.08. The Morgan fingerprint density at radius 1 is 1.18 bits per heavy atom. The number of imidazole rings is 1. The van der Waals surface area contributed by atoms with Crippen molar-refractivity contribution in [3.8, 4) is 0 Å². The molecule has 3 aromatic rings. The Morgan fingerprint density at radius 2 is 1.95 bits per heavy atom. The van der Waals surface area contributed by atoms with Crippen molar-refractivity contribution in [2.24, 2.45) is 7.05 Å². The molecule has 0 atom stereocenters. The molecular weight excluding hydrogens is 274 g/mol. The molecule has 1 heterocycles. The van der Waals surface area contributed by atoms with Crippen LogP contribution in [0, 0.1) is 13.8 Å². The maximum Gasteiger partial charge on any atom is 0.251 e. The molecule has 4 nitrogen and oxygen atoms in total. The van der Waals surface area contributed by atoms with Gasteiger partial charge in [-0.05, 0) is 37.6 Å². The third kappa shape index (κ3) is 2.60. The number of rotatable bonds is 3. The minimum Gasteiger partial charge on any atom is -0.345 e. The molecule has 1 aromatic heterocycles. The zero-order valence-electron chi connectivity index (χ0n) is 13.1. The van der Waals surface area contributed by atoms with E-state index >= 15 is 0 Å². The summed E-state index contributed by atoms with van der Waals surface area (Å²) in [5.74, 6) is 0.781. The van der Waals surface area contributed by atoms with Crippen molar-refractivity contribution < 1.29 is 4.79 Å². The van der Waals surface area contributed by atoms with Gasteiger partial charge >= 0.3 is 0 Å². The van der Waals surface area contributed by atoms with E-state index in [1.54, 1.807) is 0 Å². The number of hydrogen-bond donors (Lipinski definition) is 1. The standard InChI is InChI=1S/C18H19N3O/c1-12-8-9-14(13(2)10-12)18(22)19-11-17-20-15-6-4-5-7-16(15)21(17)3/h4-10H,11H2,1-3H3,(H,19,22). The van der Waals surface area contributed by atoms with Gasteiger partial charge < -0.3 is 9.88 Å². The van der Waals surface area contributed by atoms with Crippen molar-refractivity contribution in [2.45, 2.75) is 20.4 Å². The van der Waals surface area contributed by atoms with Crippen molar-refractivity contribution in [3.05, 3.63) is 65.0 Å². The maximum absolute atomic E-state index is 12.3. The molecule has 0 aliphatic carbocycles. The van der Waals surface area contributed by atoms with Crippen LogP contribution >= 0.6 is 0 Å². The summed E-state index contributed by atoms with van der Waals surface area (Å²) < 4.78 is 2.01. The Morgan fingerprint density at radius 3 is 2.68 bits per heavy atom. The summed E-state index contributed by atoms with van der Waals surface area (Å²) in [5, 5.41) is 2.96. The van der Waals surface area contributed by atoms with Crippen LogP contribution in [0.25, 0.3) is 11.0 Å². The largest absolute Gasteiger partial charge is 0.345 e. The maximum atomic E-state index is 12.3. The zero-order chi connectivity index (χ0) is 15.7. The van der Waals surface area contributed by atoms with Gasteiger partial charge in [0.05, 0.1) is 17.6 Å². The smallest absolute Gasteiger partial charge is 0.251 e. The number of aromatic nitrogens is 2. The van der Waals surface area contributed by atoms with Crippen LogP contribution in [-0.2, 0) is 13.6 Å². The molecule has 3 rings (SSSR count). The first-order chi connectivity index (χ1) is 10.6. The van der Waals surface area contributed by atoms with Gasteiger partial charge in [-0.15, -0.1) is 0 Å². The Balaban J connectivity index is 1.79. The fourth-order valence-electron chi connectivity index (χ4n) is 2.68. The SMILES string of the molecule is Cc1ccc(C(=O)NCc2nc3ccccc3n2C)c(C)c1. The summed E-state index contributed by atoms with van der Waals surface area (Å²) in [6.45, 7) is 4.39. The third-order valence-corrected chi connectivity index (χ3v) is 3.91. The molecule has 0 bridgehead atoms. The van der Waals surface area contributed by atoms with Crippen molar-refractivity contribution >= 4 is 16.9 Å². The lowest BCUT2D eigenvalue weighted by atomic mass is 10.1. The Labute approximate surface area is 129 Å². The topological polar surface area (TPSA) is 46.9 Å². The number of carbonyl (C=O) groups excluding carboxylic acids is 1. The molecule has 0 saturated carbocycles. The first-order valence-electron chi connectivity index (χ1n) is 7.32. The fraction of sp³-hybridized carbons (Fsp3) is 0.222. The van der Waals surface area contributed by atoms with E-state index in [2.05, 4.69) is 10.3 Å². The van der Waals surface area contributed by atoms with Gasteiger partial charge in [0.2, 0.25) is 0 Å². The summed E-state index contributed by atoms with van der Waals surface area (Å²) in [5.41, 5.74) is 4.87. The van der Waals surface area contributed by atoms with Crippen LogP contribution in [0.4, 0.5) is 0 Å². The monoisotopic (exact) mass is 293 g/mol. The van der Waals surface area contributed by atoms with Gasteiger partial charge in [0, 0.05) is 12.6 Å². The molecule has 112 valence electrons. The summed E-state index contributed by atoms with van der Waals surface area (Å²) in [6.07, 6.45) is 0. The number of amides is 1. The normalized spacial score (nSPS) is 10.9. The van der Waals surface area contributed by atoms with Crippen molar-refractivity contribution in [1.29, 1.82) is 0 Å². The van der Waals surface area contributed by atoms with Gasteiger partial charge in [-0.1, -0.05) is 29.8 Å². The number of para-hydroxylation sites is 2. The minimum atomic E-state index is -0.0652. The van der Waals surface area contributed by atoms with Gasteiger partial charge in [0.15, 0.2) is 0 Å². The molecule has 0 aliphatic rings. The quantitative estimate of drug-likeness (QED) is 0.806. The lowest BCUT2D eigenvalue weighted by Crippen LogP contribution is -2.25. The van der Waals surface area contributed by atoms with E-state index in [4.69, 9.17) is 0 Å². The third-order valence-electron chi connectivity index (χ3n) is 3.91. The van der Waals surface area contributed by atoms with Crippen molar-refractivity contribution in [2.75, 3.05) is 0 Å². The molecule has 0 fully saturated rings. The summed E-state index contributed by atoms with van der Waals surface area (Å²) in [7, 11) is 1.97. The molecule has 0 spiro atoms. The van der Waals surface area contributed by atoms with E-state index in [0.717, 1.165) is 28.0 Å². The number of nitrogens with zero attached hydrogens (tertiary/aromatic N) is 2. The number of carbonyl (C=O) groups is 1. The Bertz CT molecular complexity index is 849. The Hall–Kier alpha value is -2.62. The lowest BCUT2D eigenvalue weighted by molar-refractivity contribution is 0.0949. The van der Waals surface area contributed by atoms with Gasteiger partial charge in [0.25, 0.3) is 5.91 Å². The zero-order valence-corrected chi connectivity index (χ0v) is 13.1. The van der Waals surface area contributed by atoms with Gasteiger partial charge in [-0.3, -0.25) is 4.79 Å². The van der Waals surface area contributed by atoms with E-state index in [1.165, 1.54) is 0 Å². The predicted octanol–water partition coefficient (Wildman–Crippen LogP) is 3.12. The average Bonchev–Trinajstić information content (AvgIpc) is 2.82. The number of nitrogens with one attached hydrogen (secondary N) is 1. The number of hydrogen-bond acceptors (Lipinski definition) is 2. The highest BCUT2D eigenvalue weighted by atomic mass is 16.1. The van der Waals surface area contributed by atoms with Crippen LogP contribution in [0.2, 0.25) is 0 Å². The second kappa shape index (κ2) is 5.64. The minimum absolute atomic E-state index is 0.0652. The van der Waals surface area contributed by atoms with Crippen LogP contribution < -0.4 is 5.32 Å². The summed E-state index contributed by atoms with van der Waals surface area (Å²) >= 11 is 0. The molecule has 4 heteroatoms. The van der Waals surface area contributed by atoms with E-state index in [1.807, 2.05) is 67.9 Å². The predicted molar refractivity (Wildman–Crippen MR) is 87.8 cm³/mol. The molecule has 2 aromatic carbocycles. The summed E-state index contributed by atoms with van der Waals surface area (Å²) in [6, 6.07) is 13.8. The van der Waals surface area contributed by atoms with E-state index in [0.29, 0.717) is 12.1 Å². The van der Waals surface area contributed by atoms with Crippen molar-refractivity contribution in [3.63, 3.8) is 0 Å². The van der Waals surface area contributed by atoms with E-state index in [9.17, 15) is 4.79 Å². The van der Waals surface area contributed by atoms with Crippen LogP contribution in [0.5, 0.6) is 0 Å². The van der Waals surface area contributed by atoms with Crippen LogP contribution in [0.3, 0.4) is 0 Å². The van der Waals surface area contributed by atoms with Gasteiger partial charge in [-0.25, -0.2) is 4.98 Å². The average molecular weight is 293 g/mol. The highest BCUT2D eigenvalue weighted by molar-refractivity contribution is 5.95. The second-order valence-electron chi connectivity index (χ2n) is 5.58. The molecule has 0 saturated heterocycles. The molecule has 22 heavy (non-hydrogen) atoms. The molecule has 1 N–H and O–H groups in total. The molecule has 0 aliphatic heterocycles. The number of aryl methyl sites for hydroxylation is 3. The van der Waals surface area contributed by atoms with E-state index in [-0.39, 0.29) is 5.91 Å². The molecule has 0 radical (unpaired) electrons. The fourth-order valence-corrected chi connectivity index (χ4v) is 2.68. The number of fused-ring (bicyclic) bond motifs is 1. The molecule has 1 amide bonds. The van der Waals surface area contributed by atoms with Crippen LogP contribution in [0.15, 0.2) is 42.5 Å². The highest BCUT2D eigenvalue weighted by Gasteiger charge is 2.11. The molecule has 0 unspecified atom stereocenters. The van der Waals surface area contributed by atoms with Crippen molar-refractivity contribution in [1.82, 2.24) is 14.9 Å². The highest BCUT2D eigenvalue weighted by Crippen LogP contribution is 2.14.